The number of likely N-dealkylation sites (tertiary alicyclic amines) is 1. The predicted molar refractivity (Wildman–Crippen MR) is 68.0 cm³/mol. The van der Waals surface area contributed by atoms with Crippen molar-refractivity contribution in [2.45, 2.75) is 45.3 Å². The highest BCUT2D eigenvalue weighted by Gasteiger charge is 2.37. The van der Waals surface area contributed by atoms with E-state index in [4.69, 9.17) is 0 Å². The summed E-state index contributed by atoms with van der Waals surface area (Å²) in [6, 6.07) is 0.594. The zero-order chi connectivity index (χ0) is 12.0. The maximum atomic E-state index is 4.59. The van der Waals surface area contributed by atoms with E-state index in [-0.39, 0.29) is 0 Å². The summed E-state index contributed by atoms with van der Waals surface area (Å²) in [5.41, 5.74) is 3.15. The van der Waals surface area contributed by atoms with Crippen LogP contribution in [0.5, 0.6) is 0 Å². The highest BCUT2D eigenvalue weighted by atomic mass is 15.4. The van der Waals surface area contributed by atoms with E-state index in [9.17, 15) is 0 Å². The van der Waals surface area contributed by atoms with Crippen molar-refractivity contribution in [3.63, 3.8) is 0 Å². The van der Waals surface area contributed by atoms with Crippen LogP contribution in [0.3, 0.4) is 0 Å². The molecule has 0 aromatic carbocycles. The van der Waals surface area contributed by atoms with Gasteiger partial charge in [-0.2, -0.15) is 5.10 Å². The van der Waals surface area contributed by atoms with E-state index >= 15 is 0 Å². The van der Waals surface area contributed by atoms with Gasteiger partial charge in [0.05, 0.1) is 12.2 Å². The van der Waals surface area contributed by atoms with Gasteiger partial charge in [-0.3, -0.25) is 9.58 Å². The standard InChI is InChI=1S/C13H22N4/c1-13(2,3)16-8-11(9-16)17-12-4-5-14-6-10(12)7-15-17/h7,11,14H,4-6,8-9H2,1-3H3. The molecule has 0 unspecified atom stereocenters. The summed E-state index contributed by atoms with van der Waals surface area (Å²) in [6.45, 7) is 11.2. The van der Waals surface area contributed by atoms with Gasteiger partial charge in [0.1, 0.15) is 0 Å². The van der Waals surface area contributed by atoms with Gasteiger partial charge < -0.3 is 5.32 Å². The first-order valence-corrected chi connectivity index (χ1v) is 6.57. The van der Waals surface area contributed by atoms with Crippen molar-refractivity contribution in [1.29, 1.82) is 0 Å². The molecule has 3 rings (SSSR count). The van der Waals surface area contributed by atoms with E-state index in [2.05, 4.69) is 40.8 Å². The number of nitrogens with zero attached hydrogens (tertiary/aromatic N) is 3. The molecule has 0 saturated carbocycles. The minimum absolute atomic E-state index is 0.297. The molecule has 0 atom stereocenters. The molecule has 0 bridgehead atoms. The van der Waals surface area contributed by atoms with Crippen LogP contribution in [-0.4, -0.2) is 39.9 Å². The molecule has 1 fully saturated rings. The lowest BCUT2D eigenvalue weighted by Crippen LogP contribution is -2.56. The topological polar surface area (TPSA) is 33.1 Å². The fraction of sp³-hybridized carbons (Fsp3) is 0.769. The Balaban J connectivity index is 1.73. The van der Waals surface area contributed by atoms with Crippen LogP contribution in [0.2, 0.25) is 0 Å². The lowest BCUT2D eigenvalue weighted by atomic mass is 9.97. The summed E-state index contributed by atoms with van der Waals surface area (Å²) in [5.74, 6) is 0. The summed E-state index contributed by atoms with van der Waals surface area (Å²) >= 11 is 0. The number of hydrogen-bond acceptors (Lipinski definition) is 3. The third kappa shape index (κ3) is 1.89. The molecular weight excluding hydrogens is 212 g/mol. The lowest BCUT2D eigenvalue weighted by Gasteiger charge is -2.48. The molecule has 1 saturated heterocycles. The number of hydrogen-bond donors (Lipinski definition) is 1. The molecule has 4 nitrogen and oxygen atoms in total. The van der Waals surface area contributed by atoms with Gasteiger partial charge in [0.2, 0.25) is 0 Å². The Hall–Kier alpha value is -0.870. The molecule has 94 valence electrons. The normalized spacial score (nSPS) is 22.3. The van der Waals surface area contributed by atoms with Gasteiger partial charge in [-0.05, 0) is 20.8 Å². The van der Waals surface area contributed by atoms with Gasteiger partial charge >= 0.3 is 0 Å². The van der Waals surface area contributed by atoms with Crippen LogP contribution in [0.1, 0.15) is 38.1 Å². The smallest absolute Gasteiger partial charge is 0.0776 e. The SMILES string of the molecule is CC(C)(C)N1CC(n2ncc3c2CCNC3)C1. The Morgan fingerprint density at radius 1 is 1.35 bits per heavy atom. The molecule has 1 aromatic heterocycles. The fourth-order valence-electron chi connectivity index (χ4n) is 2.75. The van der Waals surface area contributed by atoms with Gasteiger partial charge in [0.25, 0.3) is 0 Å². The minimum atomic E-state index is 0.297. The van der Waals surface area contributed by atoms with Crippen LogP contribution >= 0.6 is 0 Å². The first-order chi connectivity index (χ1) is 8.05. The minimum Gasteiger partial charge on any atom is -0.312 e. The van der Waals surface area contributed by atoms with E-state index in [0.717, 1.165) is 32.6 Å². The van der Waals surface area contributed by atoms with Crippen LogP contribution in [0.4, 0.5) is 0 Å². The first-order valence-electron chi connectivity index (χ1n) is 6.57. The Labute approximate surface area is 103 Å². The summed E-state index contributed by atoms with van der Waals surface area (Å²) in [6.07, 6.45) is 3.17. The highest BCUT2D eigenvalue weighted by molar-refractivity contribution is 5.21. The summed E-state index contributed by atoms with van der Waals surface area (Å²) in [7, 11) is 0. The largest absolute Gasteiger partial charge is 0.312 e. The Bertz CT molecular complexity index is 410. The Morgan fingerprint density at radius 2 is 2.12 bits per heavy atom. The molecule has 2 aliphatic rings. The Morgan fingerprint density at radius 3 is 2.82 bits per heavy atom. The van der Waals surface area contributed by atoms with Crippen LogP contribution in [-0.2, 0) is 13.0 Å². The molecule has 0 aliphatic carbocycles. The second-order valence-electron chi connectivity index (χ2n) is 6.22. The molecule has 2 aliphatic heterocycles. The van der Waals surface area contributed by atoms with Crippen molar-refractivity contribution < 1.29 is 0 Å². The summed E-state index contributed by atoms with van der Waals surface area (Å²) < 4.78 is 2.28. The quantitative estimate of drug-likeness (QED) is 0.792. The summed E-state index contributed by atoms with van der Waals surface area (Å²) in [5, 5.41) is 7.98. The van der Waals surface area contributed by atoms with Crippen molar-refractivity contribution in [3.8, 4) is 0 Å². The number of rotatable bonds is 1. The predicted octanol–water partition coefficient (Wildman–Crippen LogP) is 1.18. The van der Waals surface area contributed by atoms with Crippen molar-refractivity contribution in [2.75, 3.05) is 19.6 Å². The summed E-state index contributed by atoms with van der Waals surface area (Å²) in [4.78, 5) is 2.52. The van der Waals surface area contributed by atoms with E-state index in [0.29, 0.717) is 11.6 Å². The van der Waals surface area contributed by atoms with E-state index < -0.39 is 0 Å². The molecule has 1 aromatic rings. The molecule has 1 N–H and O–H groups in total. The van der Waals surface area contributed by atoms with E-state index in [1.54, 1.807) is 0 Å². The van der Waals surface area contributed by atoms with Crippen molar-refractivity contribution in [3.05, 3.63) is 17.5 Å². The van der Waals surface area contributed by atoms with Gasteiger partial charge in [-0.25, -0.2) is 0 Å². The van der Waals surface area contributed by atoms with Crippen molar-refractivity contribution in [1.82, 2.24) is 20.0 Å². The molecule has 3 heterocycles. The third-order valence-electron chi connectivity index (χ3n) is 4.00. The van der Waals surface area contributed by atoms with Gasteiger partial charge in [0.15, 0.2) is 0 Å². The van der Waals surface area contributed by atoms with Crippen LogP contribution in [0.15, 0.2) is 6.20 Å². The fourth-order valence-corrected chi connectivity index (χ4v) is 2.75. The zero-order valence-corrected chi connectivity index (χ0v) is 11.0. The lowest BCUT2D eigenvalue weighted by molar-refractivity contribution is 0.0142. The highest BCUT2D eigenvalue weighted by Crippen LogP contribution is 2.30. The maximum absolute atomic E-state index is 4.59. The molecule has 0 spiro atoms. The molecule has 4 heteroatoms. The second kappa shape index (κ2) is 3.82. The van der Waals surface area contributed by atoms with E-state index in [1.807, 2.05) is 6.20 Å². The molecule has 0 amide bonds. The van der Waals surface area contributed by atoms with Crippen molar-refractivity contribution >= 4 is 0 Å². The molecule has 0 radical (unpaired) electrons. The van der Waals surface area contributed by atoms with Crippen LogP contribution < -0.4 is 5.32 Å². The monoisotopic (exact) mass is 234 g/mol. The molecular formula is C13H22N4. The average molecular weight is 234 g/mol. The van der Waals surface area contributed by atoms with Crippen molar-refractivity contribution in [2.24, 2.45) is 0 Å². The van der Waals surface area contributed by atoms with Gasteiger partial charge in [-0.15, -0.1) is 0 Å². The third-order valence-corrected chi connectivity index (χ3v) is 4.00. The second-order valence-corrected chi connectivity index (χ2v) is 6.22. The number of fused-ring (bicyclic) bond motifs is 1. The van der Waals surface area contributed by atoms with Gasteiger partial charge in [-0.1, -0.05) is 0 Å². The van der Waals surface area contributed by atoms with Gasteiger partial charge in [0, 0.05) is 49.4 Å². The van der Waals surface area contributed by atoms with Crippen LogP contribution in [0.25, 0.3) is 0 Å². The molecule has 17 heavy (non-hydrogen) atoms. The zero-order valence-electron chi connectivity index (χ0n) is 11.0. The number of aromatic nitrogens is 2. The van der Waals surface area contributed by atoms with Crippen LogP contribution in [0, 0.1) is 0 Å². The van der Waals surface area contributed by atoms with E-state index in [1.165, 1.54) is 11.3 Å². The first kappa shape index (κ1) is 11.2. The maximum Gasteiger partial charge on any atom is 0.0776 e. The number of nitrogens with one attached hydrogen (secondary N) is 1. The average Bonchev–Trinajstić information content (AvgIpc) is 2.58. The Kier molecular flexibility index (Phi) is 2.52.